The Balaban J connectivity index is 2.90. The van der Waals surface area contributed by atoms with Gasteiger partial charge in [-0.2, -0.15) is 0 Å². The van der Waals surface area contributed by atoms with E-state index in [1.54, 1.807) is 11.3 Å². The zero-order valence-electron chi connectivity index (χ0n) is 8.37. The maximum Gasteiger partial charge on any atom is 0.163 e. The van der Waals surface area contributed by atoms with Gasteiger partial charge in [-0.15, -0.1) is 11.3 Å². The predicted octanol–water partition coefficient (Wildman–Crippen LogP) is 2.63. The lowest BCUT2D eigenvalue weighted by Gasteiger charge is -2.00. The summed E-state index contributed by atoms with van der Waals surface area (Å²) in [6.07, 6.45) is 0.861. The molecular formula is C9H11N3S2. The van der Waals surface area contributed by atoms with Gasteiger partial charge in [0.15, 0.2) is 9.60 Å². The lowest BCUT2D eigenvalue weighted by atomic mass is 10.4. The van der Waals surface area contributed by atoms with Crippen LogP contribution in [0.15, 0.2) is 0 Å². The van der Waals surface area contributed by atoms with Crippen LogP contribution >= 0.6 is 23.6 Å². The molecule has 2 heterocycles. The Morgan fingerprint density at radius 3 is 2.79 bits per heavy atom. The molecule has 0 bridgehead atoms. The summed E-state index contributed by atoms with van der Waals surface area (Å²) in [6.45, 7) is 4.07. The van der Waals surface area contributed by atoms with Crippen LogP contribution < -0.4 is 0 Å². The van der Waals surface area contributed by atoms with Crippen molar-refractivity contribution < 1.29 is 0 Å². The van der Waals surface area contributed by atoms with Crippen LogP contribution in [0.4, 0.5) is 0 Å². The molecule has 0 aliphatic heterocycles. The number of rotatable bonds is 1. The fourth-order valence-electron chi connectivity index (χ4n) is 1.35. The third kappa shape index (κ3) is 1.36. The van der Waals surface area contributed by atoms with Gasteiger partial charge in [-0.3, -0.25) is 0 Å². The molecule has 0 spiro atoms. The number of nitrogens with zero attached hydrogens (tertiary/aromatic N) is 3. The lowest BCUT2D eigenvalue weighted by Crippen LogP contribution is -1.98. The number of thiazole rings is 1. The van der Waals surface area contributed by atoms with Crippen LogP contribution in [0, 0.1) is 10.9 Å². The predicted molar refractivity (Wildman–Crippen MR) is 61.3 cm³/mol. The van der Waals surface area contributed by atoms with E-state index in [0.717, 1.165) is 32.2 Å². The first-order chi connectivity index (χ1) is 6.63. The summed E-state index contributed by atoms with van der Waals surface area (Å²) in [5, 5.41) is 0. The molecule has 0 fully saturated rings. The van der Waals surface area contributed by atoms with Crippen molar-refractivity contribution in [3.63, 3.8) is 0 Å². The third-order valence-corrected chi connectivity index (χ3v) is 3.82. The van der Waals surface area contributed by atoms with Crippen LogP contribution in [0.25, 0.3) is 10.3 Å². The Bertz CT molecular complexity index is 539. The SMILES string of the molecule is CCc1nc(C)c2sc(=S)n(C)c2n1. The van der Waals surface area contributed by atoms with Gasteiger partial charge in [-0.25, -0.2) is 9.97 Å². The van der Waals surface area contributed by atoms with Gasteiger partial charge in [-0.1, -0.05) is 6.92 Å². The number of hydrogen-bond acceptors (Lipinski definition) is 4. The first-order valence-electron chi connectivity index (χ1n) is 4.46. The molecule has 0 aliphatic rings. The maximum atomic E-state index is 5.21. The molecular weight excluding hydrogens is 214 g/mol. The van der Waals surface area contributed by atoms with E-state index in [9.17, 15) is 0 Å². The smallest absolute Gasteiger partial charge is 0.163 e. The highest BCUT2D eigenvalue weighted by molar-refractivity contribution is 7.73. The molecule has 14 heavy (non-hydrogen) atoms. The molecule has 0 amide bonds. The standard InChI is InChI=1S/C9H11N3S2/c1-4-6-10-5(2)7-8(11-6)12(3)9(13)14-7/h4H2,1-3H3. The summed E-state index contributed by atoms with van der Waals surface area (Å²) >= 11 is 6.78. The van der Waals surface area contributed by atoms with Gasteiger partial charge in [0.25, 0.3) is 0 Å². The van der Waals surface area contributed by atoms with Crippen LogP contribution in [-0.4, -0.2) is 14.5 Å². The zero-order chi connectivity index (χ0) is 10.3. The Morgan fingerprint density at radius 2 is 2.14 bits per heavy atom. The van der Waals surface area contributed by atoms with E-state index in [2.05, 4.69) is 16.9 Å². The molecule has 2 rings (SSSR count). The molecule has 0 unspecified atom stereocenters. The van der Waals surface area contributed by atoms with Crippen LogP contribution in [0.1, 0.15) is 18.4 Å². The first kappa shape index (κ1) is 9.73. The van der Waals surface area contributed by atoms with Crippen LogP contribution in [-0.2, 0) is 13.5 Å². The highest BCUT2D eigenvalue weighted by Gasteiger charge is 2.08. The molecule has 74 valence electrons. The second kappa shape index (κ2) is 3.40. The Labute approximate surface area is 91.4 Å². The van der Waals surface area contributed by atoms with Gasteiger partial charge in [0.1, 0.15) is 5.82 Å². The summed E-state index contributed by atoms with van der Waals surface area (Å²) in [4.78, 5) is 8.88. The average Bonchev–Trinajstić information content (AvgIpc) is 2.45. The summed E-state index contributed by atoms with van der Waals surface area (Å²) in [5.74, 6) is 0.887. The molecule has 5 heteroatoms. The van der Waals surface area contributed by atoms with E-state index in [1.807, 2.05) is 18.5 Å². The van der Waals surface area contributed by atoms with Gasteiger partial charge in [0, 0.05) is 13.5 Å². The van der Waals surface area contributed by atoms with Crippen molar-refractivity contribution in [2.24, 2.45) is 7.05 Å². The second-order valence-electron chi connectivity index (χ2n) is 3.16. The molecule has 0 N–H and O–H groups in total. The van der Waals surface area contributed by atoms with Crippen molar-refractivity contribution in [3.05, 3.63) is 15.5 Å². The van der Waals surface area contributed by atoms with Crippen molar-refractivity contribution in [1.82, 2.24) is 14.5 Å². The van der Waals surface area contributed by atoms with Crippen LogP contribution in [0.3, 0.4) is 0 Å². The van der Waals surface area contributed by atoms with Gasteiger partial charge < -0.3 is 4.57 Å². The molecule has 0 saturated heterocycles. The van der Waals surface area contributed by atoms with Gasteiger partial charge >= 0.3 is 0 Å². The van der Waals surface area contributed by atoms with E-state index in [-0.39, 0.29) is 0 Å². The summed E-state index contributed by atoms with van der Waals surface area (Å²) < 4.78 is 3.91. The fraction of sp³-hybridized carbons (Fsp3) is 0.444. The van der Waals surface area contributed by atoms with Crippen molar-refractivity contribution in [2.45, 2.75) is 20.3 Å². The molecule has 0 aromatic carbocycles. The zero-order valence-corrected chi connectivity index (χ0v) is 10.00. The van der Waals surface area contributed by atoms with Gasteiger partial charge in [0.2, 0.25) is 0 Å². The van der Waals surface area contributed by atoms with Crippen molar-refractivity contribution in [3.8, 4) is 0 Å². The van der Waals surface area contributed by atoms with Crippen molar-refractivity contribution in [2.75, 3.05) is 0 Å². The Hall–Kier alpha value is -0.810. The molecule has 2 aromatic rings. The highest BCUT2D eigenvalue weighted by atomic mass is 32.1. The lowest BCUT2D eigenvalue weighted by molar-refractivity contribution is 0.889. The number of fused-ring (bicyclic) bond motifs is 1. The first-order valence-corrected chi connectivity index (χ1v) is 5.69. The topological polar surface area (TPSA) is 30.7 Å². The third-order valence-electron chi connectivity index (χ3n) is 2.16. The van der Waals surface area contributed by atoms with Gasteiger partial charge in [-0.05, 0) is 19.1 Å². The maximum absolute atomic E-state index is 5.21. The average molecular weight is 225 g/mol. The molecule has 3 nitrogen and oxygen atoms in total. The minimum absolute atomic E-state index is 0.852. The summed E-state index contributed by atoms with van der Waals surface area (Å²) in [5.41, 5.74) is 1.99. The summed E-state index contributed by atoms with van der Waals surface area (Å²) in [7, 11) is 1.95. The fourth-order valence-corrected chi connectivity index (χ4v) is 2.55. The summed E-state index contributed by atoms with van der Waals surface area (Å²) in [6, 6.07) is 0. The molecule has 0 aliphatic carbocycles. The Kier molecular flexibility index (Phi) is 2.36. The van der Waals surface area contributed by atoms with E-state index < -0.39 is 0 Å². The molecule has 0 atom stereocenters. The normalized spacial score (nSPS) is 11.1. The van der Waals surface area contributed by atoms with Gasteiger partial charge in [0.05, 0.1) is 10.4 Å². The van der Waals surface area contributed by atoms with Crippen LogP contribution in [0.5, 0.6) is 0 Å². The van der Waals surface area contributed by atoms with E-state index in [0.29, 0.717) is 0 Å². The highest BCUT2D eigenvalue weighted by Crippen LogP contribution is 2.22. The van der Waals surface area contributed by atoms with E-state index in [1.165, 1.54) is 0 Å². The monoisotopic (exact) mass is 225 g/mol. The molecule has 2 aromatic heterocycles. The quantitative estimate of drug-likeness (QED) is 0.699. The van der Waals surface area contributed by atoms with E-state index in [4.69, 9.17) is 12.2 Å². The molecule has 0 saturated carbocycles. The number of aryl methyl sites for hydroxylation is 3. The van der Waals surface area contributed by atoms with E-state index >= 15 is 0 Å². The minimum atomic E-state index is 0.852. The van der Waals surface area contributed by atoms with Crippen LogP contribution in [0.2, 0.25) is 0 Å². The Morgan fingerprint density at radius 1 is 1.43 bits per heavy atom. The largest absolute Gasteiger partial charge is 0.311 e. The van der Waals surface area contributed by atoms with Crippen molar-refractivity contribution >= 4 is 33.9 Å². The molecule has 0 radical (unpaired) electrons. The number of aromatic nitrogens is 3. The number of hydrogen-bond donors (Lipinski definition) is 0. The van der Waals surface area contributed by atoms with Crippen molar-refractivity contribution in [1.29, 1.82) is 0 Å². The minimum Gasteiger partial charge on any atom is -0.311 e. The second-order valence-corrected chi connectivity index (χ2v) is 4.80.